The van der Waals surface area contributed by atoms with E-state index in [9.17, 15) is 9.18 Å². The van der Waals surface area contributed by atoms with Gasteiger partial charge < -0.3 is 4.52 Å². The van der Waals surface area contributed by atoms with Crippen LogP contribution in [-0.2, 0) is 4.79 Å². The van der Waals surface area contributed by atoms with E-state index in [0.717, 1.165) is 11.1 Å². The van der Waals surface area contributed by atoms with Crippen LogP contribution in [0, 0.1) is 12.7 Å². The summed E-state index contributed by atoms with van der Waals surface area (Å²) in [6, 6.07) is 15.4. The molecule has 5 nitrogen and oxygen atoms in total. The Morgan fingerprint density at radius 2 is 1.90 bits per heavy atom. The topological polar surface area (TPSA) is 68.0 Å². The number of aryl methyl sites for hydroxylation is 1. The molecule has 2 heterocycles. The summed E-state index contributed by atoms with van der Waals surface area (Å²) in [4.78, 5) is 17.0. The normalized spacial score (nSPS) is 11.9. The maximum Gasteiger partial charge on any atom is 0.239 e. The summed E-state index contributed by atoms with van der Waals surface area (Å²) in [5.74, 6) is -1.08. The van der Waals surface area contributed by atoms with Gasteiger partial charge in [-0.05, 0) is 61.4 Å². The SMILES string of the molecule is Cc1ccc(F)c(-c2noc(NC(=O)C(C)c3cccc(Cl)c3)c2-c2ccncc2)c1. The predicted octanol–water partition coefficient (Wildman–Crippen LogP) is 6.25. The number of hydrogen-bond acceptors (Lipinski definition) is 4. The highest BCUT2D eigenvalue weighted by atomic mass is 35.5. The second kappa shape index (κ2) is 8.70. The maximum absolute atomic E-state index is 14.6. The van der Waals surface area contributed by atoms with E-state index in [1.54, 1.807) is 61.8 Å². The fraction of sp³-hybridized carbons (Fsp3) is 0.125. The average Bonchev–Trinajstić information content (AvgIpc) is 3.18. The highest BCUT2D eigenvalue weighted by Gasteiger charge is 2.25. The van der Waals surface area contributed by atoms with Crippen LogP contribution in [0.3, 0.4) is 0 Å². The predicted molar refractivity (Wildman–Crippen MR) is 118 cm³/mol. The first kappa shape index (κ1) is 20.8. The fourth-order valence-electron chi connectivity index (χ4n) is 3.31. The summed E-state index contributed by atoms with van der Waals surface area (Å²) in [5, 5.41) is 7.44. The average molecular weight is 436 g/mol. The molecule has 156 valence electrons. The van der Waals surface area contributed by atoms with Crippen LogP contribution >= 0.6 is 11.6 Å². The molecule has 0 bridgehead atoms. The van der Waals surface area contributed by atoms with Crippen molar-refractivity contribution in [1.82, 2.24) is 10.1 Å². The van der Waals surface area contributed by atoms with Gasteiger partial charge in [0.05, 0.1) is 11.5 Å². The number of nitrogens with zero attached hydrogens (tertiary/aromatic N) is 2. The number of aromatic nitrogens is 2. The van der Waals surface area contributed by atoms with Crippen molar-refractivity contribution in [2.24, 2.45) is 0 Å². The molecule has 0 aliphatic carbocycles. The lowest BCUT2D eigenvalue weighted by Crippen LogP contribution is -2.19. The molecule has 1 N–H and O–H groups in total. The van der Waals surface area contributed by atoms with Crippen molar-refractivity contribution in [3.63, 3.8) is 0 Å². The quantitative estimate of drug-likeness (QED) is 0.402. The lowest BCUT2D eigenvalue weighted by Gasteiger charge is -2.12. The molecule has 0 saturated carbocycles. The molecular formula is C24H19ClFN3O2. The minimum absolute atomic E-state index is 0.140. The molecule has 7 heteroatoms. The largest absolute Gasteiger partial charge is 0.337 e. The van der Waals surface area contributed by atoms with E-state index in [1.165, 1.54) is 6.07 Å². The molecule has 0 aliphatic heterocycles. The van der Waals surface area contributed by atoms with E-state index in [-0.39, 0.29) is 11.8 Å². The van der Waals surface area contributed by atoms with Gasteiger partial charge in [-0.3, -0.25) is 15.1 Å². The van der Waals surface area contributed by atoms with Gasteiger partial charge in [-0.2, -0.15) is 0 Å². The number of carbonyl (C=O) groups excluding carboxylic acids is 1. The lowest BCUT2D eigenvalue weighted by molar-refractivity contribution is -0.117. The Balaban J connectivity index is 1.75. The minimum Gasteiger partial charge on any atom is -0.337 e. The number of halogens is 2. The van der Waals surface area contributed by atoms with Gasteiger partial charge in [-0.15, -0.1) is 0 Å². The molecule has 0 fully saturated rings. The van der Waals surface area contributed by atoms with Gasteiger partial charge in [0, 0.05) is 23.0 Å². The van der Waals surface area contributed by atoms with Crippen LogP contribution in [0.1, 0.15) is 24.0 Å². The van der Waals surface area contributed by atoms with Crippen molar-refractivity contribution < 1.29 is 13.7 Å². The number of hydrogen-bond donors (Lipinski definition) is 1. The Labute approximate surface area is 183 Å². The van der Waals surface area contributed by atoms with Gasteiger partial charge in [0.15, 0.2) is 0 Å². The number of benzene rings is 2. The molecule has 2 aromatic heterocycles. The molecule has 1 amide bonds. The molecule has 2 aromatic carbocycles. The van der Waals surface area contributed by atoms with E-state index in [4.69, 9.17) is 16.1 Å². The highest BCUT2D eigenvalue weighted by Crippen LogP contribution is 2.39. The van der Waals surface area contributed by atoms with Gasteiger partial charge in [0.2, 0.25) is 11.8 Å². The molecule has 0 radical (unpaired) electrons. The van der Waals surface area contributed by atoms with Crippen molar-refractivity contribution >= 4 is 23.4 Å². The van der Waals surface area contributed by atoms with Crippen LogP contribution in [0.25, 0.3) is 22.4 Å². The van der Waals surface area contributed by atoms with Crippen LogP contribution < -0.4 is 5.32 Å². The first-order chi connectivity index (χ1) is 14.9. The zero-order valence-electron chi connectivity index (χ0n) is 16.9. The molecule has 4 aromatic rings. The number of rotatable bonds is 5. The molecule has 0 aliphatic rings. The van der Waals surface area contributed by atoms with E-state index in [1.807, 2.05) is 13.0 Å². The second-order valence-electron chi connectivity index (χ2n) is 7.22. The Hall–Kier alpha value is -3.51. The molecule has 31 heavy (non-hydrogen) atoms. The van der Waals surface area contributed by atoms with Crippen LogP contribution in [0.5, 0.6) is 0 Å². The van der Waals surface area contributed by atoms with Gasteiger partial charge in [0.1, 0.15) is 11.5 Å². The van der Waals surface area contributed by atoms with E-state index < -0.39 is 11.7 Å². The zero-order chi connectivity index (χ0) is 22.0. The van der Waals surface area contributed by atoms with E-state index in [2.05, 4.69) is 15.5 Å². The monoisotopic (exact) mass is 435 g/mol. The van der Waals surface area contributed by atoms with Crippen molar-refractivity contribution in [1.29, 1.82) is 0 Å². The van der Waals surface area contributed by atoms with Crippen molar-refractivity contribution in [2.45, 2.75) is 19.8 Å². The first-order valence-electron chi connectivity index (χ1n) is 9.67. The van der Waals surface area contributed by atoms with E-state index >= 15 is 0 Å². The molecule has 0 spiro atoms. The Bertz CT molecular complexity index is 1240. The summed E-state index contributed by atoms with van der Waals surface area (Å²) in [5.41, 5.74) is 3.41. The fourth-order valence-corrected chi connectivity index (χ4v) is 3.51. The van der Waals surface area contributed by atoms with Crippen LogP contribution in [0.2, 0.25) is 5.02 Å². The van der Waals surface area contributed by atoms with Crippen LogP contribution in [0.4, 0.5) is 10.3 Å². The molecular weight excluding hydrogens is 417 g/mol. The molecule has 1 atom stereocenters. The van der Waals surface area contributed by atoms with Crippen LogP contribution in [-0.4, -0.2) is 16.0 Å². The summed E-state index contributed by atoms with van der Waals surface area (Å²) < 4.78 is 20.1. The number of carbonyl (C=O) groups is 1. The van der Waals surface area contributed by atoms with Crippen LogP contribution in [0.15, 0.2) is 71.5 Å². The number of nitrogens with one attached hydrogen (secondary N) is 1. The van der Waals surface area contributed by atoms with Gasteiger partial charge in [0.25, 0.3) is 0 Å². The maximum atomic E-state index is 14.6. The standard InChI is InChI=1S/C24H19ClFN3O2/c1-14-6-7-20(26)19(12-14)22-21(16-8-10-27-11-9-16)24(31-29-22)28-23(30)15(2)17-4-3-5-18(25)13-17/h3-13,15H,1-2H3,(H,28,30). The van der Waals surface area contributed by atoms with Crippen molar-refractivity contribution in [3.8, 4) is 22.4 Å². The smallest absolute Gasteiger partial charge is 0.239 e. The molecule has 4 rings (SSSR count). The van der Waals surface area contributed by atoms with Gasteiger partial charge in [-0.1, -0.05) is 40.5 Å². The summed E-state index contributed by atoms with van der Waals surface area (Å²) in [6.45, 7) is 3.63. The van der Waals surface area contributed by atoms with E-state index in [0.29, 0.717) is 27.4 Å². The number of pyridine rings is 1. The summed E-state index contributed by atoms with van der Waals surface area (Å²) in [7, 11) is 0. The third-order valence-electron chi connectivity index (χ3n) is 5.02. The van der Waals surface area contributed by atoms with Crippen molar-refractivity contribution in [2.75, 3.05) is 5.32 Å². The number of anilines is 1. The van der Waals surface area contributed by atoms with Gasteiger partial charge >= 0.3 is 0 Å². The van der Waals surface area contributed by atoms with Gasteiger partial charge in [-0.25, -0.2) is 4.39 Å². The minimum atomic E-state index is -0.492. The summed E-state index contributed by atoms with van der Waals surface area (Å²) >= 11 is 6.06. The number of amides is 1. The first-order valence-corrected chi connectivity index (χ1v) is 10.0. The van der Waals surface area contributed by atoms with Crippen molar-refractivity contribution in [3.05, 3.63) is 89.0 Å². The zero-order valence-corrected chi connectivity index (χ0v) is 17.7. The highest BCUT2D eigenvalue weighted by molar-refractivity contribution is 6.30. The third kappa shape index (κ3) is 4.34. The Morgan fingerprint density at radius 3 is 2.65 bits per heavy atom. The second-order valence-corrected chi connectivity index (χ2v) is 7.66. The lowest BCUT2D eigenvalue weighted by atomic mass is 9.98. The summed E-state index contributed by atoms with van der Waals surface area (Å²) in [6.07, 6.45) is 3.22. The molecule has 1 unspecified atom stereocenters. The molecule has 0 saturated heterocycles. The third-order valence-corrected chi connectivity index (χ3v) is 5.25. The Morgan fingerprint density at radius 1 is 1.13 bits per heavy atom. The Kier molecular flexibility index (Phi) is 5.82.